The Kier molecular flexibility index (Phi) is 6.86. The minimum atomic E-state index is -0.780. The summed E-state index contributed by atoms with van der Waals surface area (Å²) < 4.78 is 23.5. The van der Waals surface area contributed by atoms with Gasteiger partial charge in [0.25, 0.3) is 11.8 Å². The number of phenolic OH excluding ortho intramolecular Hbond substituents is 1. The number of fused-ring (bicyclic) bond motifs is 10. The van der Waals surface area contributed by atoms with E-state index in [1.165, 1.54) is 25.0 Å². The summed E-state index contributed by atoms with van der Waals surface area (Å²) in [4.78, 5) is 45.7. The van der Waals surface area contributed by atoms with Crippen molar-refractivity contribution in [2.75, 3.05) is 33.2 Å². The number of nitrogens with zero attached hydrogens (tertiary/aromatic N) is 4. The fourth-order valence-electron chi connectivity index (χ4n) is 8.94. The van der Waals surface area contributed by atoms with Gasteiger partial charge in [0.1, 0.15) is 11.8 Å². The first-order chi connectivity index (χ1) is 23.5. The number of carbonyl (C=O) groups is 3. The van der Waals surface area contributed by atoms with E-state index in [1.54, 1.807) is 19.1 Å². The number of aryl methyl sites for hydroxylation is 1. The Hall–Kier alpha value is -5.32. The molecule has 5 heterocycles. The van der Waals surface area contributed by atoms with Crippen LogP contribution in [0.5, 0.6) is 28.7 Å². The summed E-state index contributed by atoms with van der Waals surface area (Å²) in [6.45, 7) is 4.78. The SMILES string of the molecule is COc1c(C)cc2c(c1O)[C@H]1[C@@H]3Cc4c(OC(C)=O)c(C)c5c(c4[C@H](CN4C(=O)c6ccc(N)cc6C4=O)N3[C@@H](C#N)[C@H](C2)N1C)OCO5. The number of aromatic hydroxyl groups is 1. The first-order valence-electron chi connectivity index (χ1n) is 16.1. The quantitative estimate of drug-likeness (QED) is 0.181. The number of likely N-dealkylation sites (N-methyl/N-ethyl adjacent to an activating group) is 1. The summed E-state index contributed by atoms with van der Waals surface area (Å²) in [5, 5.41) is 22.7. The lowest BCUT2D eigenvalue weighted by molar-refractivity contribution is -0.132. The molecule has 0 radical (unpaired) electrons. The van der Waals surface area contributed by atoms with Crippen molar-refractivity contribution in [3.05, 3.63) is 68.8 Å². The fourth-order valence-corrected chi connectivity index (χ4v) is 8.94. The van der Waals surface area contributed by atoms with E-state index in [2.05, 4.69) is 15.9 Å². The summed E-state index contributed by atoms with van der Waals surface area (Å²) in [7, 11) is 3.46. The number of carbonyl (C=O) groups excluding carboxylic acids is 3. The molecule has 0 spiro atoms. The highest BCUT2D eigenvalue weighted by atomic mass is 16.7. The van der Waals surface area contributed by atoms with E-state index >= 15 is 0 Å². The Morgan fingerprint density at radius 3 is 2.51 bits per heavy atom. The first-order valence-corrected chi connectivity index (χ1v) is 16.1. The van der Waals surface area contributed by atoms with Gasteiger partial charge in [-0.25, -0.2) is 0 Å². The molecular weight excluding hydrogens is 630 g/mol. The number of amides is 2. The molecule has 252 valence electrons. The van der Waals surface area contributed by atoms with Crippen LogP contribution in [-0.2, 0) is 17.6 Å². The maximum Gasteiger partial charge on any atom is 0.308 e. The molecule has 49 heavy (non-hydrogen) atoms. The van der Waals surface area contributed by atoms with E-state index in [1.807, 2.05) is 20.0 Å². The Bertz CT molecular complexity index is 2060. The average Bonchev–Trinajstić information content (AvgIpc) is 3.63. The fraction of sp³-hybridized carbons (Fsp3) is 0.389. The number of nitriles is 1. The van der Waals surface area contributed by atoms with Crippen molar-refractivity contribution in [1.82, 2.24) is 14.7 Å². The van der Waals surface area contributed by atoms with Gasteiger partial charge in [0.15, 0.2) is 23.0 Å². The van der Waals surface area contributed by atoms with Crippen molar-refractivity contribution in [3.63, 3.8) is 0 Å². The summed E-state index contributed by atoms with van der Waals surface area (Å²) in [5.41, 5.74) is 11.0. The summed E-state index contributed by atoms with van der Waals surface area (Å²) in [6, 6.07) is 6.49. The molecule has 0 unspecified atom stereocenters. The number of ether oxygens (including phenoxy) is 4. The minimum absolute atomic E-state index is 0.0329. The van der Waals surface area contributed by atoms with Crippen molar-refractivity contribution >= 4 is 23.5 Å². The number of phenols is 1. The zero-order valence-electron chi connectivity index (χ0n) is 27.7. The van der Waals surface area contributed by atoms with E-state index in [-0.39, 0.29) is 36.3 Å². The number of benzene rings is 3. The maximum absolute atomic E-state index is 13.9. The normalized spacial score (nSPS) is 24.9. The van der Waals surface area contributed by atoms with E-state index < -0.39 is 42.0 Å². The van der Waals surface area contributed by atoms with Gasteiger partial charge in [-0.05, 0) is 63.1 Å². The number of hydrogen-bond donors (Lipinski definition) is 2. The van der Waals surface area contributed by atoms with Gasteiger partial charge in [-0.2, -0.15) is 5.26 Å². The summed E-state index contributed by atoms with van der Waals surface area (Å²) in [5.74, 6) is 0.0415. The van der Waals surface area contributed by atoms with Gasteiger partial charge in [-0.15, -0.1) is 0 Å². The number of nitrogen functional groups attached to an aromatic ring is 1. The van der Waals surface area contributed by atoms with E-state index in [4.69, 9.17) is 24.7 Å². The van der Waals surface area contributed by atoms with Gasteiger partial charge in [-0.3, -0.25) is 29.1 Å². The lowest BCUT2D eigenvalue weighted by atomic mass is 9.71. The smallest absolute Gasteiger partial charge is 0.308 e. The topological polar surface area (TPSA) is 168 Å². The van der Waals surface area contributed by atoms with E-state index in [0.717, 1.165) is 11.1 Å². The van der Waals surface area contributed by atoms with Crippen LogP contribution in [0.15, 0.2) is 24.3 Å². The number of methoxy groups -OCH3 is 1. The molecule has 3 aromatic carbocycles. The highest BCUT2D eigenvalue weighted by Crippen LogP contribution is 2.58. The molecule has 2 amide bonds. The second-order valence-corrected chi connectivity index (χ2v) is 13.4. The number of imide groups is 1. The molecule has 0 saturated carbocycles. The third-order valence-electron chi connectivity index (χ3n) is 10.9. The van der Waals surface area contributed by atoms with Crippen LogP contribution in [0.3, 0.4) is 0 Å². The van der Waals surface area contributed by atoms with Gasteiger partial charge in [0.2, 0.25) is 6.79 Å². The van der Waals surface area contributed by atoms with Crippen LogP contribution < -0.4 is 24.7 Å². The third-order valence-corrected chi connectivity index (χ3v) is 10.9. The van der Waals surface area contributed by atoms with E-state index in [9.17, 15) is 24.8 Å². The molecule has 1 fully saturated rings. The molecule has 0 aliphatic carbocycles. The first kappa shape index (κ1) is 31.0. The summed E-state index contributed by atoms with van der Waals surface area (Å²) >= 11 is 0. The molecule has 13 nitrogen and oxygen atoms in total. The van der Waals surface area contributed by atoms with Crippen LogP contribution in [0.2, 0.25) is 0 Å². The largest absolute Gasteiger partial charge is 0.504 e. The van der Waals surface area contributed by atoms with Gasteiger partial charge in [0.05, 0.1) is 36.4 Å². The predicted molar refractivity (Wildman–Crippen MR) is 174 cm³/mol. The monoisotopic (exact) mass is 665 g/mol. The van der Waals surface area contributed by atoms with Crippen LogP contribution in [0.4, 0.5) is 5.69 Å². The number of hydrogen-bond acceptors (Lipinski definition) is 12. The minimum Gasteiger partial charge on any atom is -0.504 e. The highest BCUT2D eigenvalue weighted by Gasteiger charge is 2.57. The Morgan fingerprint density at radius 1 is 1.06 bits per heavy atom. The molecular formula is C36H35N5O8. The lowest BCUT2D eigenvalue weighted by Gasteiger charge is -2.60. The average molecular weight is 666 g/mol. The Balaban J connectivity index is 1.37. The van der Waals surface area contributed by atoms with Gasteiger partial charge < -0.3 is 29.8 Å². The van der Waals surface area contributed by atoms with Crippen molar-refractivity contribution in [1.29, 1.82) is 5.26 Å². The molecule has 5 atom stereocenters. The predicted octanol–water partition coefficient (Wildman–Crippen LogP) is 3.32. The lowest BCUT2D eigenvalue weighted by Crippen LogP contribution is -2.68. The molecule has 3 aromatic rings. The van der Waals surface area contributed by atoms with Gasteiger partial charge in [0, 0.05) is 53.5 Å². The number of nitrogens with two attached hydrogens (primary N) is 1. The van der Waals surface area contributed by atoms with Crippen LogP contribution >= 0.6 is 0 Å². The van der Waals surface area contributed by atoms with Crippen LogP contribution in [0.25, 0.3) is 0 Å². The van der Waals surface area contributed by atoms with Crippen LogP contribution in [0, 0.1) is 25.2 Å². The van der Waals surface area contributed by atoms with Gasteiger partial charge >= 0.3 is 5.97 Å². The molecule has 13 heteroatoms. The van der Waals surface area contributed by atoms with Crippen molar-refractivity contribution in [3.8, 4) is 34.8 Å². The highest BCUT2D eigenvalue weighted by molar-refractivity contribution is 6.21. The Morgan fingerprint density at radius 2 is 1.80 bits per heavy atom. The number of esters is 1. The van der Waals surface area contributed by atoms with Crippen LogP contribution in [0.1, 0.15) is 73.1 Å². The zero-order valence-corrected chi connectivity index (χ0v) is 27.7. The van der Waals surface area contributed by atoms with Crippen molar-refractivity contribution in [2.24, 2.45) is 0 Å². The van der Waals surface area contributed by atoms with Gasteiger partial charge in [-0.1, -0.05) is 6.07 Å². The summed E-state index contributed by atoms with van der Waals surface area (Å²) in [6.07, 6.45) is 0.762. The number of anilines is 1. The molecule has 3 N–H and O–H groups in total. The second-order valence-electron chi connectivity index (χ2n) is 13.4. The third kappa shape index (κ3) is 4.20. The Labute approximate surface area is 282 Å². The van der Waals surface area contributed by atoms with Crippen LogP contribution in [-0.4, -0.2) is 83.2 Å². The molecule has 2 bridgehead atoms. The second kappa shape index (κ2) is 10.8. The molecule has 0 aromatic heterocycles. The molecule has 5 aliphatic heterocycles. The molecule has 5 aliphatic rings. The zero-order chi connectivity index (χ0) is 34.6. The maximum atomic E-state index is 13.9. The van der Waals surface area contributed by atoms with E-state index in [0.29, 0.717) is 63.8 Å². The standard InChI is InChI=1S/C36H35N5O8/c1-15-8-18-9-23-25(12-37)41-24(29(39(23)4)27(18)30(43)31(15)46-5)11-22-28(34-33(47-14-48-34)16(2)32(22)49-17(3)42)26(41)13-40-35(44)20-7-6-19(38)10-21(20)36(40)45/h6-8,10,23-26,29,43H,9,11,13-14,38H2,1-5H3/t23-,24-,25-,26-,29+/m0/s1. The number of piperazine rings is 1. The van der Waals surface area contributed by atoms with Crippen molar-refractivity contribution in [2.45, 2.75) is 63.8 Å². The van der Waals surface area contributed by atoms with Crippen molar-refractivity contribution < 1.29 is 38.4 Å². The number of rotatable bonds is 4. The molecule has 8 rings (SSSR count). The molecule has 1 saturated heterocycles.